The van der Waals surface area contributed by atoms with E-state index >= 15 is 0 Å². The summed E-state index contributed by atoms with van der Waals surface area (Å²) in [6.07, 6.45) is 0. The van der Waals surface area contributed by atoms with E-state index in [4.69, 9.17) is 0 Å². The van der Waals surface area contributed by atoms with Crippen molar-refractivity contribution in [1.29, 1.82) is 0 Å². The van der Waals surface area contributed by atoms with Crippen molar-refractivity contribution in [3.05, 3.63) is 194 Å². The Morgan fingerprint density at radius 3 is 1.14 bits per heavy atom. The van der Waals surface area contributed by atoms with Crippen LogP contribution in [0.15, 0.2) is 188 Å². The van der Waals surface area contributed by atoms with Crippen molar-refractivity contribution in [2.75, 3.05) is 0 Å². The Morgan fingerprint density at radius 2 is 0.725 bits per heavy atom. The summed E-state index contributed by atoms with van der Waals surface area (Å²) < 4.78 is 0. The van der Waals surface area contributed by atoms with Crippen LogP contribution >= 0.6 is 0 Å². The quantitative estimate of drug-likeness (QED) is 0.122. The molecule has 0 amide bonds. The minimum Gasteiger partial charge on any atom is -0.0623 e. The van der Waals surface area contributed by atoms with Gasteiger partial charge in [-0.2, -0.15) is 0 Å². The molecule has 0 radical (unpaired) electrons. The lowest BCUT2D eigenvalue weighted by atomic mass is 9.75. The Labute approximate surface area is 302 Å². The summed E-state index contributed by atoms with van der Waals surface area (Å²) in [5, 5.41) is 8.28. The fraction of sp³-hybridized carbons (Fsp3) is 0.0800. The monoisotopic (exact) mass is 668 g/mol. The molecule has 244 valence electrons. The second kappa shape index (κ2) is 12.2. The second-order valence-corrected chi connectivity index (χ2v) is 18.5. The van der Waals surface area contributed by atoms with Crippen LogP contribution in [-0.2, 0) is 5.41 Å². The first-order valence-corrected chi connectivity index (χ1v) is 20.0. The van der Waals surface area contributed by atoms with Gasteiger partial charge in [0, 0.05) is 0 Å². The summed E-state index contributed by atoms with van der Waals surface area (Å²) in [6, 6.07) is 70.6. The van der Waals surface area contributed by atoms with Gasteiger partial charge in [0.2, 0.25) is 0 Å². The summed E-state index contributed by atoms with van der Waals surface area (Å²) in [7, 11) is -3.08. The molecule has 0 saturated heterocycles. The largest absolute Gasteiger partial charge is 0.180 e. The molecule has 0 saturated carbocycles. The van der Waals surface area contributed by atoms with Crippen molar-refractivity contribution in [3.8, 4) is 44.5 Å². The summed E-state index contributed by atoms with van der Waals surface area (Å²) in [4.78, 5) is 0. The van der Waals surface area contributed by atoms with Crippen LogP contribution in [0.5, 0.6) is 0 Å². The van der Waals surface area contributed by atoms with Crippen molar-refractivity contribution in [2.45, 2.75) is 26.2 Å². The third-order valence-electron chi connectivity index (χ3n) is 10.8. The minimum absolute atomic E-state index is 0.224. The molecule has 1 aliphatic rings. The highest BCUT2D eigenvalue weighted by Crippen LogP contribution is 2.56. The van der Waals surface area contributed by atoms with E-state index in [0.29, 0.717) is 0 Å². The summed E-state index contributed by atoms with van der Waals surface area (Å²) >= 11 is 0. The molecule has 0 fully saturated rings. The Balaban J connectivity index is 1.65. The van der Waals surface area contributed by atoms with Crippen LogP contribution in [0, 0.1) is 0 Å². The van der Waals surface area contributed by atoms with E-state index < -0.39 is 8.07 Å². The number of fused-ring (bicyclic) bond motifs is 3. The molecule has 8 aromatic rings. The fourth-order valence-corrected chi connectivity index (χ4v) is 14.4. The van der Waals surface area contributed by atoms with Gasteiger partial charge in [0.1, 0.15) is 0 Å². The van der Waals surface area contributed by atoms with Crippen LogP contribution in [0.25, 0.3) is 55.3 Å². The lowest BCUT2D eigenvalue weighted by Gasteiger charge is -2.42. The predicted octanol–water partition coefficient (Wildman–Crippen LogP) is 10.5. The highest BCUT2D eigenvalue weighted by molar-refractivity contribution is 7.20. The highest BCUT2D eigenvalue weighted by Gasteiger charge is 2.49. The second-order valence-electron chi connectivity index (χ2n) is 14.8. The molecule has 0 N–H and O–H groups in total. The van der Waals surface area contributed by atoms with Gasteiger partial charge < -0.3 is 0 Å². The third-order valence-corrected chi connectivity index (χ3v) is 15.7. The van der Waals surface area contributed by atoms with Gasteiger partial charge in [-0.05, 0) is 87.0 Å². The molecular weight excluding hydrogens is 629 g/mol. The summed E-state index contributed by atoms with van der Waals surface area (Å²) in [5.41, 5.74) is 11.8. The molecule has 0 aliphatic heterocycles. The maximum absolute atomic E-state index is 3.08. The molecule has 9 rings (SSSR count). The maximum Gasteiger partial charge on any atom is 0.180 e. The van der Waals surface area contributed by atoms with E-state index in [9.17, 15) is 0 Å². The van der Waals surface area contributed by atoms with Gasteiger partial charge in [-0.25, -0.2) is 0 Å². The fourth-order valence-electron chi connectivity index (χ4n) is 8.96. The first kappa shape index (κ1) is 31.2. The molecule has 0 spiro atoms. The summed E-state index contributed by atoms with van der Waals surface area (Å²) in [6.45, 7) is 7.30. The van der Waals surface area contributed by atoms with Crippen molar-refractivity contribution in [3.63, 3.8) is 0 Å². The SMILES string of the molecule is CC(C)(C)c1c(-c2ccccc2)c2c(c(-c3ccccc3)c1[Si](c1ccccc1)(c1ccccc1)c1ccccc1)-c1cccc3cccc-2c13. The zero-order chi connectivity index (χ0) is 34.6. The summed E-state index contributed by atoms with van der Waals surface area (Å²) in [5.74, 6) is 0. The Hall–Kier alpha value is -5.76. The first-order chi connectivity index (χ1) is 25.0. The van der Waals surface area contributed by atoms with Crippen molar-refractivity contribution >= 4 is 39.6 Å². The zero-order valence-corrected chi connectivity index (χ0v) is 30.4. The van der Waals surface area contributed by atoms with Gasteiger partial charge in [0.15, 0.2) is 8.07 Å². The van der Waals surface area contributed by atoms with Gasteiger partial charge >= 0.3 is 0 Å². The number of hydrogen-bond acceptors (Lipinski definition) is 0. The van der Waals surface area contributed by atoms with Gasteiger partial charge in [0.25, 0.3) is 0 Å². The van der Waals surface area contributed by atoms with Crippen LogP contribution in [0.3, 0.4) is 0 Å². The number of benzene rings is 8. The van der Waals surface area contributed by atoms with E-state index in [0.717, 1.165) is 0 Å². The van der Waals surface area contributed by atoms with Crippen molar-refractivity contribution in [2.24, 2.45) is 0 Å². The van der Waals surface area contributed by atoms with Gasteiger partial charge in [0.05, 0.1) is 0 Å². The van der Waals surface area contributed by atoms with E-state index in [1.165, 1.54) is 81.6 Å². The third kappa shape index (κ3) is 4.80. The predicted molar refractivity (Wildman–Crippen MR) is 222 cm³/mol. The average molecular weight is 669 g/mol. The zero-order valence-electron chi connectivity index (χ0n) is 29.4. The standard InChI is InChI=1S/C50H40Si/c1-50(2,3)48-44(36-21-9-4-10-22-36)46-41-33-19-25-35-26-20-34-42(43(35)41)47(46)45(37-23-11-5-12-24-37)49(48)51(38-27-13-6-14-28-38,39-29-15-7-16-30-39)40-31-17-8-18-32-40/h4-34H,1-3H3. The molecular formula is C50H40Si. The number of hydrogen-bond donors (Lipinski definition) is 0. The van der Waals surface area contributed by atoms with E-state index in [1.807, 2.05) is 0 Å². The molecule has 0 bridgehead atoms. The van der Waals surface area contributed by atoms with Crippen LogP contribution in [0.2, 0.25) is 0 Å². The topological polar surface area (TPSA) is 0 Å². The van der Waals surface area contributed by atoms with E-state index in [1.54, 1.807) is 0 Å². The maximum atomic E-state index is 2.43. The lowest BCUT2D eigenvalue weighted by molar-refractivity contribution is 0.596. The molecule has 0 aromatic heterocycles. The van der Waals surface area contributed by atoms with Crippen LogP contribution < -0.4 is 20.7 Å². The first-order valence-electron chi connectivity index (χ1n) is 18.0. The smallest absolute Gasteiger partial charge is 0.0623 e. The number of rotatable bonds is 6. The van der Waals surface area contributed by atoms with Gasteiger partial charge in [-0.15, -0.1) is 0 Å². The highest BCUT2D eigenvalue weighted by atomic mass is 28.3. The Morgan fingerprint density at radius 1 is 0.353 bits per heavy atom. The molecule has 1 aliphatic carbocycles. The molecule has 8 aromatic carbocycles. The molecule has 0 heterocycles. The molecule has 0 unspecified atom stereocenters. The van der Waals surface area contributed by atoms with Crippen LogP contribution in [0.1, 0.15) is 26.3 Å². The van der Waals surface area contributed by atoms with E-state index in [-0.39, 0.29) is 5.41 Å². The lowest BCUT2D eigenvalue weighted by Crippen LogP contribution is -2.76. The molecule has 51 heavy (non-hydrogen) atoms. The Bertz CT molecular complexity index is 2410. The van der Waals surface area contributed by atoms with Crippen molar-refractivity contribution < 1.29 is 0 Å². The van der Waals surface area contributed by atoms with E-state index in [2.05, 4.69) is 209 Å². The normalized spacial score (nSPS) is 12.2. The minimum atomic E-state index is -3.08. The van der Waals surface area contributed by atoms with Crippen LogP contribution in [0.4, 0.5) is 0 Å². The van der Waals surface area contributed by atoms with Gasteiger partial charge in [-0.3, -0.25) is 0 Å². The molecule has 0 atom stereocenters. The van der Waals surface area contributed by atoms with Crippen molar-refractivity contribution in [1.82, 2.24) is 0 Å². The average Bonchev–Trinajstić information content (AvgIpc) is 3.51. The molecule has 1 heteroatoms. The van der Waals surface area contributed by atoms with Crippen LogP contribution in [-0.4, -0.2) is 8.07 Å². The molecule has 0 nitrogen and oxygen atoms in total. The van der Waals surface area contributed by atoms with Gasteiger partial charge in [-0.1, -0.05) is 209 Å². The Kier molecular flexibility index (Phi) is 7.49.